The van der Waals surface area contributed by atoms with Gasteiger partial charge in [-0.2, -0.15) is 16.9 Å². The maximum absolute atomic E-state index is 11.9. The van der Waals surface area contributed by atoms with Crippen LogP contribution in [0.25, 0.3) is 0 Å². The van der Waals surface area contributed by atoms with Crippen molar-refractivity contribution in [3.05, 3.63) is 11.8 Å². The molecule has 1 aliphatic rings. The van der Waals surface area contributed by atoms with Crippen LogP contribution in [0.15, 0.2) is 6.07 Å². The Labute approximate surface area is 111 Å². The second-order valence-corrected chi connectivity index (χ2v) is 6.11. The van der Waals surface area contributed by atoms with E-state index in [0.717, 1.165) is 0 Å². The van der Waals surface area contributed by atoms with Gasteiger partial charge in [0.05, 0.1) is 0 Å². The third-order valence-electron chi connectivity index (χ3n) is 3.61. The van der Waals surface area contributed by atoms with Gasteiger partial charge in [0.25, 0.3) is 5.91 Å². The summed E-state index contributed by atoms with van der Waals surface area (Å²) in [6.45, 7) is 0.714. The molecule has 100 valence electrons. The number of H-pyrrole nitrogens is 1. The highest BCUT2D eigenvalue weighted by molar-refractivity contribution is 8.00. The molecule has 2 rings (SSSR count). The molecule has 0 atom stereocenters. The predicted octanol–water partition coefficient (Wildman–Crippen LogP) is 1.79. The number of aromatic amines is 1. The quantitative estimate of drug-likeness (QED) is 0.777. The van der Waals surface area contributed by atoms with Crippen LogP contribution in [0.2, 0.25) is 0 Å². The van der Waals surface area contributed by atoms with Gasteiger partial charge in [-0.3, -0.25) is 9.89 Å². The normalized spacial score (nSPS) is 18.5. The van der Waals surface area contributed by atoms with Gasteiger partial charge in [0.2, 0.25) is 0 Å². The van der Waals surface area contributed by atoms with Gasteiger partial charge in [-0.25, -0.2) is 0 Å². The molecule has 0 unspecified atom stereocenters. The number of nitrogens with zero attached hydrogens (tertiary/aromatic N) is 1. The van der Waals surface area contributed by atoms with Crippen molar-refractivity contribution < 1.29 is 4.79 Å². The van der Waals surface area contributed by atoms with Crippen molar-refractivity contribution in [2.45, 2.75) is 36.9 Å². The van der Waals surface area contributed by atoms with Crippen molar-refractivity contribution >= 4 is 23.5 Å². The molecule has 0 saturated heterocycles. The highest BCUT2D eigenvalue weighted by Gasteiger charge is 2.31. The van der Waals surface area contributed by atoms with Crippen LogP contribution in [0, 0.1) is 0 Å². The molecule has 0 aromatic carbocycles. The van der Waals surface area contributed by atoms with Gasteiger partial charge >= 0.3 is 0 Å². The van der Waals surface area contributed by atoms with E-state index in [9.17, 15) is 4.79 Å². The number of anilines is 1. The third kappa shape index (κ3) is 2.98. The Balaban J connectivity index is 1.91. The van der Waals surface area contributed by atoms with Crippen molar-refractivity contribution in [3.63, 3.8) is 0 Å². The zero-order valence-electron chi connectivity index (χ0n) is 10.7. The summed E-state index contributed by atoms with van der Waals surface area (Å²) < 4.78 is 0.208. The summed E-state index contributed by atoms with van der Waals surface area (Å²) in [4.78, 5) is 11.9. The lowest BCUT2D eigenvalue weighted by Crippen LogP contribution is -2.41. The van der Waals surface area contributed by atoms with Gasteiger partial charge in [0.1, 0.15) is 11.5 Å². The SMILES string of the molecule is CSC1(CNC(=O)c2cc(N)n[nH]2)CCCCC1. The van der Waals surface area contributed by atoms with E-state index in [0.29, 0.717) is 18.1 Å². The molecule has 1 aromatic heterocycles. The van der Waals surface area contributed by atoms with Gasteiger partial charge in [-0.05, 0) is 19.1 Å². The Bertz CT molecular complexity index is 412. The molecule has 5 nitrogen and oxygen atoms in total. The average molecular weight is 268 g/mol. The third-order valence-corrected chi connectivity index (χ3v) is 5.03. The standard InChI is InChI=1S/C12H20N4OS/c1-18-12(5-3-2-4-6-12)8-14-11(17)9-7-10(13)16-15-9/h7H,2-6,8H2,1H3,(H,14,17)(H3,13,15,16). The summed E-state index contributed by atoms with van der Waals surface area (Å²) in [7, 11) is 0. The van der Waals surface area contributed by atoms with E-state index < -0.39 is 0 Å². The van der Waals surface area contributed by atoms with Gasteiger partial charge in [0, 0.05) is 17.4 Å². The lowest BCUT2D eigenvalue weighted by molar-refractivity contribution is 0.0942. The summed E-state index contributed by atoms with van der Waals surface area (Å²) in [5, 5.41) is 9.37. The van der Waals surface area contributed by atoms with Crippen molar-refractivity contribution in [2.24, 2.45) is 0 Å². The first-order chi connectivity index (χ1) is 8.65. The number of hydrogen-bond donors (Lipinski definition) is 3. The van der Waals surface area contributed by atoms with Crippen LogP contribution in [0.4, 0.5) is 5.82 Å². The number of carbonyl (C=O) groups is 1. The summed E-state index contributed by atoms with van der Waals surface area (Å²) in [5.41, 5.74) is 5.91. The van der Waals surface area contributed by atoms with Crippen molar-refractivity contribution in [1.29, 1.82) is 0 Å². The van der Waals surface area contributed by atoms with Crippen molar-refractivity contribution in [3.8, 4) is 0 Å². The molecule has 0 radical (unpaired) electrons. The summed E-state index contributed by atoms with van der Waals surface area (Å²) in [5.74, 6) is 0.218. The summed E-state index contributed by atoms with van der Waals surface area (Å²) in [6, 6.07) is 1.56. The van der Waals surface area contributed by atoms with Crippen LogP contribution < -0.4 is 11.1 Å². The zero-order valence-corrected chi connectivity index (χ0v) is 11.5. The number of nitrogen functional groups attached to an aromatic ring is 1. The lowest BCUT2D eigenvalue weighted by Gasteiger charge is -2.35. The van der Waals surface area contributed by atoms with Crippen LogP contribution in [-0.4, -0.2) is 33.7 Å². The fourth-order valence-corrected chi connectivity index (χ4v) is 3.35. The number of thioether (sulfide) groups is 1. The summed E-state index contributed by atoms with van der Waals surface area (Å²) >= 11 is 1.87. The molecule has 1 heterocycles. The molecule has 1 fully saturated rings. The molecular formula is C12H20N4OS. The maximum atomic E-state index is 11.9. The second-order valence-electron chi connectivity index (χ2n) is 4.84. The molecule has 1 amide bonds. The van der Waals surface area contributed by atoms with Crippen LogP contribution in [0.5, 0.6) is 0 Å². The predicted molar refractivity (Wildman–Crippen MR) is 74.7 cm³/mol. The Morgan fingerprint density at radius 2 is 2.28 bits per heavy atom. The van der Waals surface area contributed by atoms with E-state index in [1.165, 1.54) is 32.1 Å². The van der Waals surface area contributed by atoms with Gasteiger partial charge in [-0.1, -0.05) is 19.3 Å². The first-order valence-corrected chi connectivity index (χ1v) is 7.52. The number of carbonyl (C=O) groups excluding carboxylic acids is 1. The van der Waals surface area contributed by atoms with Crippen LogP contribution in [0.3, 0.4) is 0 Å². The Kier molecular flexibility index (Phi) is 4.16. The molecule has 1 aliphatic carbocycles. The van der Waals surface area contributed by atoms with E-state index in [1.807, 2.05) is 11.8 Å². The molecule has 0 bridgehead atoms. The number of hydrogen-bond acceptors (Lipinski definition) is 4. The van der Waals surface area contributed by atoms with Crippen LogP contribution in [0.1, 0.15) is 42.6 Å². The second kappa shape index (κ2) is 5.65. The van der Waals surface area contributed by atoms with Crippen molar-refractivity contribution in [2.75, 3.05) is 18.5 Å². The monoisotopic (exact) mass is 268 g/mol. The van der Waals surface area contributed by atoms with Crippen LogP contribution in [-0.2, 0) is 0 Å². The van der Waals surface area contributed by atoms with Gasteiger partial charge in [0.15, 0.2) is 0 Å². The Hall–Kier alpha value is -1.17. The minimum Gasteiger partial charge on any atom is -0.382 e. The molecule has 1 aromatic rings. The largest absolute Gasteiger partial charge is 0.382 e. The molecule has 18 heavy (non-hydrogen) atoms. The number of nitrogens with two attached hydrogens (primary N) is 1. The van der Waals surface area contributed by atoms with Crippen molar-refractivity contribution in [1.82, 2.24) is 15.5 Å². The summed E-state index contributed by atoms with van der Waals surface area (Å²) in [6.07, 6.45) is 8.32. The topological polar surface area (TPSA) is 83.8 Å². The molecule has 0 aliphatic heterocycles. The number of aromatic nitrogens is 2. The zero-order chi connectivity index (χ0) is 13.0. The average Bonchev–Trinajstić information content (AvgIpc) is 2.84. The molecular weight excluding hydrogens is 248 g/mol. The lowest BCUT2D eigenvalue weighted by atomic mass is 9.88. The number of nitrogens with one attached hydrogen (secondary N) is 2. The highest BCUT2D eigenvalue weighted by atomic mass is 32.2. The minimum absolute atomic E-state index is 0.127. The highest BCUT2D eigenvalue weighted by Crippen LogP contribution is 2.37. The fourth-order valence-electron chi connectivity index (χ4n) is 2.44. The number of amides is 1. The van der Waals surface area contributed by atoms with Gasteiger partial charge < -0.3 is 11.1 Å². The van der Waals surface area contributed by atoms with Crippen LogP contribution >= 0.6 is 11.8 Å². The van der Waals surface area contributed by atoms with E-state index >= 15 is 0 Å². The smallest absolute Gasteiger partial charge is 0.269 e. The van der Waals surface area contributed by atoms with Gasteiger partial charge in [-0.15, -0.1) is 0 Å². The minimum atomic E-state index is -0.127. The molecule has 6 heteroatoms. The van der Waals surface area contributed by atoms with E-state index in [4.69, 9.17) is 5.73 Å². The number of rotatable bonds is 4. The Morgan fingerprint density at radius 3 is 2.83 bits per heavy atom. The molecule has 0 spiro atoms. The van der Waals surface area contributed by atoms with E-state index in [-0.39, 0.29) is 10.7 Å². The first kappa shape index (κ1) is 13.3. The maximum Gasteiger partial charge on any atom is 0.269 e. The molecule has 4 N–H and O–H groups in total. The van der Waals surface area contributed by atoms with E-state index in [1.54, 1.807) is 6.07 Å². The molecule has 1 saturated carbocycles. The Morgan fingerprint density at radius 1 is 1.56 bits per heavy atom. The fraction of sp³-hybridized carbons (Fsp3) is 0.667. The van der Waals surface area contributed by atoms with E-state index in [2.05, 4.69) is 21.8 Å². The first-order valence-electron chi connectivity index (χ1n) is 6.29.